The molecule has 0 radical (unpaired) electrons. The topological polar surface area (TPSA) is 54.4 Å². The maximum absolute atomic E-state index is 12.7. The average molecular weight is 302 g/mol. The summed E-state index contributed by atoms with van der Waals surface area (Å²) in [5.41, 5.74) is 0.718. The Hall–Kier alpha value is -1.38. The number of rotatable bonds is 1. The fourth-order valence-corrected chi connectivity index (χ4v) is 5.68. The highest BCUT2D eigenvalue weighted by Gasteiger charge is 2.60. The SMILES string of the molecule is CC1(C)C(=O)/C(=C\O)C[C@]2(C)C3=CCCC[C@]3(C=O)CC[C@@H]12. The van der Waals surface area contributed by atoms with E-state index in [2.05, 4.69) is 13.0 Å². The van der Waals surface area contributed by atoms with E-state index in [0.717, 1.165) is 44.7 Å². The molecule has 2 saturated carbocycles. The Bertz CT molecular complexity index is 583. The van der Waals surface area contributed by atoms with Crippen molar-refractivity contribution >= 4 is 12.1 Å². The van der Waals surface area contributed by atoms with Crippen molar-refractivity contribution in [3.05, 3.63) is 23.5 Å². The summed E-state index contributed by atoms with van der Waals surface area (Å²) < 4.78 is 0. The average Bonchev–Trinajstić information content (AvgIpc) is 2.51. The van der Waals surface area contributed by atoms with Crippen molar-refractivity contribution in [1.29, 1.82) is 0 Å². The van der Waals surface area contributed by atoms with Crippen molar-refractivity contribution in [1.82, 2.24) is 0 Å². The molecule has 0 aliphatic heterocycles. The fraction of sp³-hybridized carbons (Fsp3) is 0.684. The van der Waals surface area contributed by atoms with Crippen molar-refractivity contribution in [3.63, 3.8) is 0 Å². The molecule has 0 aromatic heterocycles. The Morgan fingerprint density at radius 2 is 2.00 bits per heavy atom. The van der Waals surface area contributed by atoms with Crippen LogP contribution in [0.5, 0.6) is 0 Å². The van der Waals surface area contributed by atoms with Crippen LogP contribution in [0.4, 0.5) is 0 Å². The first-order valence-electron chi connectivity index (χ1n) is 8.37. The Morgan fingerprint density at radius 1 is 1.27 bits per heavy atom. The molecule has 3 rings (SSSR count). The Labute approximate surface area is 132 Å². The summed E-state index contributed by atoms with van der Waals surface area (Å²) in [6.07, 6.45) is 9.73. The first-order chi connectivity index (χ1) is 10.3. The van der Waals surface area contributed by atoms with Crippen molar-refractivity contribution in [2.45, 2.75) is 59.3 Å². The molecular weight excluding hydrogens is 276 g/mol. The first-order valence-corrected chi connectivity index (χ1v) is 8.37. The van der Waals surface area contributed by atoms with Gasteiger partial charge in [0.2, 0.25) is 0 Å². The molecule has 3 heteroatoms. The lowest BCUT2D eigenvalue weighted by Crippen LogP contribution is -2.55. The zero-order valence-electron chi connectivity index (χ0n) is 13.8. The second-order valence-corrected chi connectivity index (χ2v) is 8.17. The monoisotopic (exact) mass is 302 g/mol. The standard InChI is InChI=1S/C19H26O3/c1-17(2)14-7-9-19(12-21)8-5-4-6-15(19)18(14,3)10-13(11-20)16(17)22/h6,11-12,14,20H,4-5,7-10H2,1-3H3/b13-11-/t14-,18-,19+/m0/s1. The quantitative estimate of drug-likeness (QED) is 0.343. The first kappa shape index (κ1) is 15.5. The van der Waals surface area contributed by atoms with Crippen LogP contribution in [0.15, 0.2) is 23.5 Å². The highest BCUT2D eigenvalue weighted by Crippen LogP contribution is 2.65. The third-order valence-corrected chi connectivity index (χ3v) is 6.66. The smallest absolute Gasteiger partial charge is 0.167 e. The Morgan fingerprint density at radius 3 is 2.64 bits per heavy atom. The molecule has 120 valence electrons. The van der Waals surface area contributed by atoms with Crippen molar-refractivity contribution in [2.75, 3.05) is 0 Å². The molecule has 1 N–H and O–H groups in total. The van der Waals surface area contributed by atoms with Crippen LogP contribution < -0.4 is 0 Å². The summed E-state index contributed by atoms with van der Waals surface area (Å²) in [6, 6.07) is 0. The lowest BCUT2D eigenvalue weighted by Gasteiger charge is -2.59. The van der Waals surface area contributed by atoms with Gasteiger partial charge in [-0.25, -0.2) is 0 Å². The summed E-state index contributed by atoms with van der Waals surface area (Å²) in [4.78, 5) is 24.6. The van der Waals surface area contributed by atoms with Gasteiger partial charge in [-0.3, -0.25) is 4.79 Å². The van der Waals surface area contributed by atoms with Gasteiger partial charge in [-0.15, -0.1) is 0 Å². The highest BCUT2D eigenvalue weighted by atomic mass is 16.2. The van der Waals surface area contributed by atoms with Gasteiger partial charge in [0.05, 0.1) is 6.26 Å². The molecule has 0 aromatic carbocycles. The van der Waals surface area contributed by atoms with E-state index in [1.54, 1.807) is 0 Å². The van der Waals surface area contributed by atoms with E-state index in [-0.39, 0.29) is 22.5 Å². The van der Waals surface area contributed by atoms with Crippen molar-refractivity contribution in [3.8, 4) is 0 Å². The molecule has 0 bridgehead atoms. The van der Waals surface area contributed by atoms with Gasteiger partial charge in [-0.1, -0.05) is 32.4 Å². The number of carbonyl (C=O) groups excluding carboxylic acids is 2. The largest absolute Gasteiger partial charge is 0.515 e. The number of aliphatic hydroxyl groups is 1. The maximum atomic E-state index is 12.7. The third kappa shape index (κ3) is 1.80. The van der Waals surface area contributed by atoms with Crippen LogP contribution in [-0.2, 0) is 9.59 Å². The molecule has 22 heavy (non-hydrogen) atoms. The molecule has 0 amide bonds. The number of ketones is 1. The lowest BCUT2D eigenvalue weighted by molar-refractivity contribution is -0.136. The van der Waals surface area contributed by atoms with Gasteiger partial charge < -0.3 is 9.90 Å². The van der Waals surface area contributed by atoms with Crippen LogP contribution >= 0.6 is 0 Å². The van der Waals surface area contributed by atoms with Crippen LogP contribution in [0.3, 0.4) is 0 Å². The minimum atomic E-state index is -0.491. The normalized spacial score (nSPS) is 42.3. The van der Waals surface area contributed by atoms with E-state index < -0.39 is 5.41 Å². The van der Waals surface area contributed by atoms with E-state index in [1.165, 1.54) is 5.57 Å². The van der Waals surface area contributed by atoms with E-state index >= 15 is 0 Å². The van der Waals surface area contributed by atoms with Crippen molar-refractivity contribution in [2.24, 2.45) is 22.2 Å². The van der Waals surface area contributed by atoms with Gasteiger partial charge in [-0.2, -0.15) is 0 Å². The zero-order valence-corrected chi connectivity index (χ0v) is 13.8. The van der Waals surface area contributed by atoms with Crippen molar-refractivity contribution < 1.29 is 14.7 Å². The van der Waals surface area contributed by atoms with Crippen LogP contribution in [0.2, 0.25) is 0 Å². The summed E-state index contributed by atoms with van der Waals surface area (Å²) in [7, 11) is 0. The molecule has 3 aliphatic rings. The maximum Gasteiger partial charge on any atom is 0.167 e. The molecule has 3 nitrogen and oxygen atoms in total. The van der Waals surface area contributed by atoms with Gasteiger partial charge in [0.1, 0.15) is 6.29 Å². The minimum absolute atomic E-state index is 0.0625. The number of Topliss-reactive ketones (excluding diaryl/α,β-unsaturated/α-hetero) is 1. The Balaban J connectivity index is 2.16. The second-order valence-electron chi connectivity index (χ2n) is 8.17. The number of allylic oxidation sites excluding steroid dienone is 3. The van der Waals surface area contributed by atoms with E-state index in [1.807, 2.05) is 13.8 Å². The number of hydrogen-bond donors (Lipinski definition) is 1. The van der Waals surface area contributed by atoms with Gasteiger partial charge in [0.15, 0.2) is 5.78 Å². The Kier molecular flexibility index (Phi) is 3.39. The van der Waals surface area contributed by atoms with Crippen LogP contribution in [-0.4, -0.2) is 17.2 Å². The van der Waals surface area contributed by atoms with Gasteiger partial charge in [0, 0.05) is 16.4 Å². The molecule has 3 atom stereocenters. The predicted molar refractivity (Wildman–Crippen MR) is 85.4 cm³/mol. The van der Waals surface area contributed by atoms with Crippen LogP contribution in [0, 0.1) is 22.2 Å². The van der Waals surface area contributed by atoms with E-state index in [4.69, 9.17) is 0 Å². The second kappa shape index (κ2) is 4.81. The number of fused-ring (bicyclic) bond motifs is 3. The molecule has 0 heterocycles. The van der Waals surface area contributed by atoms with Gasteiger partial charge >= 0.3 is 0 Å². The summed E-state index contributed by atoms with van der Waals surface area (Å²) in [5, 5.41) is 9.54. The lowest BCUT2D eigenvalue weighted by atomic mass is 9.43. The highest BCUT2D eigenvalue weighted by molar-refractivity contribution is 6.00. The number of aliphatic hydroxyl groups excluding tert-OH is 1. The van der Waals surface area contributed by atoms with E-state index in [9.17, 15) is 14.7 Å². The summed E-state index contributed by atoms with van der Waals surface area (Å²) in [5.74, 6) is 0.293. The zero-order chi connectivity index (χ0) is 16.2. The van der Waals surface area contributed by atoms with Gasteiger partial charge in [0.25, 0.3) is 0 Å². The van der Waals surface area contributed by atoms with Crippen LogP contribution in [0.1, 0.15) is 59.3 Å². The van der Waals surface area contributed by atoms with E-state index in [0.29, 0.717) is 12.0 Å². The summed E-state index contributed by atoms with van der Waals surface area (Å²) >= 11 is 0. The molecular formula is C19H26O3. The van der Waals surface area contributed by atoms with Crippen LogP contribution in [0.25, 0.3) is 0 Å². The molecule has 3 aliphatic carbocycles. The molecule has 0 unspecified atom stereocenters. The number of carbonyl (C=O) groups is 2. The number of hydrogen-bond acceptors (Lipinski definition) is 3. The molecule has 0 aromatic rings. The minimum Gasteiger partial charge on any atom is -0.515 e. The summed E-state index contributed by atoms with van der Waals surface area (Å²) in [6.45, 7) is 6.19. The van der Waals surface area contributed by atoms with Gasteiger partial charge in [-0.05, 0) is 49.9 Å². The third-order valence-electron chi connectivity index (χ3n) is 6.66. The fourth-order valence-electron chi connectivity index (χ4n) is 5.68. The molecule has 0 saturated heterocycles. The predicted octanol–water partition coefficient (Wildman–Crippen LogP) is 4.14. The number of aldehydes is 1. The molecule has 2 fully saturated rings. The molecule has 0 spiro atoms.